The Bertz CT molecular complexity index is 832. The number of hydrogen-bond donors (Lipinski definition) is 1. The zero-order valence-electron chi connectivity index (χ0n) is 11.3. The SMILES string of the molecule is N#Cc1ccc(-c2nccn2NC(=O)c2ccncn2)cc1. The molecular weight excluding hydrogens is 280 g/mol. The third-order valence-corrected chi connectivity index (χ3v) is 2.95. The molecule has 0 aliphatic rings. The molecule has 22 heavy (non-hydrogen) atoms. The quantitative estimate of drug-likeness (QED) is 0.790. The van der Waals surface area contributed by atoms with Crippen LogP contribution in [-0.2, 0) is 0 Å². The van der Waals surface area contributed by atoms with Gasteiger partial charge in [-0.1, -0.05) is 0 Å². The number of benzene rings is 1. The number of nitriles is 1. The first-order valence-electron chi connectivity index (χ1n) is 6.39. The lowest BCUT2D eigenvalue weighted by atomic mass is 10.1. The topological polar surface area (TPSA) is 96.5 Å². The first-order valence-corrected chi connectivity index (χ1v) is 6.39. The molecule has 7 heteroatoms. The van der Waals surface area contributed by atoms with Gasteiger partial charge < -0.3 is 0 Å². The predicted molar refractivity (Wildman–Crippen MR) is 78.1 cm³/mol. The Morgan fingerprint density at radius 1 is 1.14 bits per heavy atom. The van der Waals surface area contributed by atoms with Crippen molar-refractivity contribution in [1.82, 2.24) is 19.6 Å². The molecule has 0 aliphatic heterocycles. The van der Waals surface area contributed by atoms with Gasteiger partial charge in [-0.2, -0.15) is 5.26 Å². The second-order valence-corrected chi connectivity index (χ2v) is 4.35. The van der Waals surface area contributed by atoms with Gasteiger partial charge in [-0.25, -0.2) is 19.6 Å². The summed E-state index contributed by atoms with van der Waals surface area (Å²) >= 11 is 0. The average Bonchev–Trinajstić information content (AvgIpc) is 3.04. The van der Waals surface area contributed by atoms with Crippen molar-refractivity contribution in [2.24, 2.45) is 0 Å². The van der Waals surface area contributed by atoms with Crippen molar-refractivity contribution in [3.8, 4) is 17.5 Å². The summed E-state index contributed by atoms with van der Waals surface area (Å²) in [5, 5.41) is 8.82. The minimum atomic E-state index is -0.365. The van der Waals surface area contributed by atoms with E-state index < -0.39 is 0 Å². The predicted octanol–water partition coefficient (Wildman–Crippen LogP) is 1.60. The van der Waals surface area contributed by atoms with Crippen molar-refractivity contribution in [1.29, 1.82) is 5.26 Å². The third-order valence-electron chi connectivity index (χ3n) is 2.95. The summed E-state index contributed by atoms with van der Waals surface area (Å²) in [6, 6.07) is 10.5. The van der Waals surface area contributed by atoms with E-state index >= 15 is 0 Å². The highest BCUT2D eigenvalue weighted by Gasteiger charge is 2.11. The van der Waals surface area contributed by atoms with Crippen LogP contribution in [0.15, 0.2) is 55.2 Å². The normalized spacial score (nSPS) is 9.95. The summed E-state index contributed by atoms with van der Waals surface area (Å²) in [7, 11) is 0. The van der Waals surface area contributed by atoms with E-state index in [4.69, 9.17) is 5.26 Å². The van der Waals surface area contributed by atoms with Crippen molar-refractivity contribution in [3.63, 3.8) is 0 Å². The van der Waals surface area contributed by atoms with Gasteiger partial charge in [0, 0.05) is 24.2 Å². The van der Waals surface area contributed by atoms with Crippen LogP contribution in [0.2, 0.25) is 0 Å². The highest BCUT2D eigenvalue weighted by molar-refractivity contribution is 5.98. The molecule has 3 rings (SSSR count). The van der Waals surface area contributed by atoms with Gasteiger partial charge in [0.1, 0.15) is 12.0 Å². The maximum Gasteiger partial charge on any atom is 0.288 e. The molecular formula is C15H10N6O. The van der Waals surface area contributed by atoms with E-state index in [-0.39, 0.29) is 11.6 Å². The number of imidazole rings is 1. The maximum absolute atomic E-state index is 12.1. The second-order valence-electron chi connectivity index (χ2n) is 4.35. The van der Waals surface area contributed by atoms with Gasteiger partial charge in [-0.3, -0.25) is 10.2 Å². The number of hydrogen-bond acceptors (Lipinski definition) is 5. The fourth-order valence-corrected chi connectivity index (χ4v) is 1.89. The fourth-order valence-electron chi connectivity index (χ4n) is 1.89. The van der Waals surface area contributed by atoms with Crippen molar-refractivity contribution >= 4 is 5.91 Å². The lowest BCUT2D eigenvalue weighted by Gasteiger charge is -2.09. The van der Waals surface area contributed by atoms with Crippen LogP contribution in [0.3, 0.4) is 0 Å². The fraction of sp³-hybridized carbons (Fsp3) is 0. The number of carbonyl (C=O) groups excluding carboxylic acids is 1. The summed E-state index contributed by atoms with van der Waals surface area (Å²) in [6.45, 7) is 0. The van der Waals surface area contributed by atoms with Crippen LogP contribution in [-0.4, -0.2) is 25.5 Å². The monoisotopic (exact) mass is 290 g/mol. The van der Waals surface area contributed by atoms with Gasteiger partial charge in [0.25, 0.3) is 5.91 Å². The van der Waals surface area contributed by atoms with E-state index in [1.807, 2.05) is 0 Å². The number of nitrogens with one attached hydrogen (secondary N) is 1. The molecule has 3 aromatic rings. The highest BCUT2D eigenvalue weighted by Crippen LogP contribution is 2.17. The average molecular weight is 290 g/mol. The molecule has 0 aliphatic carbocycles. The maximum atomic E-state index is 12.1. The van der Waals surface area contributed by atoms with Gasteiger partial charge >= 0.3 is 0 Å². The van der Waals surface area contributed by atoms with Crippen LogP contribution in [0, 0.1) is 11.3 Å². The Kier molecular flexibility index (Phi) is 3.58. The highest BCUT2D eigenvalue weighted by atomic mass is 16.2. The van der Waals surface area contributed by atoms with Crippen LogP contribution in [0.1, 0.15) is 16.1 Å². The van der Waals surface area contributed by atoms with Crippen LogP contribution in [0.4, 0.5) is 0 Å². The van der Waals surface area contributed by atoms with Gasteiger partial charge in [0.05, 0.1) is 11.6 Å². The van der Waals surface area contributed by atoms with E-state index in [2.05, 4.69) is 26.4 Å². The Labute approximate surface area is 125 Å². The first kappa shape index (κ1) is 13.5. The second kappa shape index (κ2) is 5.85. The molecule has 0 fully saturated rings. The van der Waals surface area contributed by atoms with Crippen molar-refractivity contribution in [3.05, 3.63) is 66.5 Å². The Hall–Kier alpha value is -3.53. The molecule has 1 aromatic carbocycles. The van der Waals surface area contributed by atoms with E-state index in [1.54, 1.807) is 36.7 Å². The number of carbonyl (C=O) groups is 1. The van der Waals surface area contributed by atoms with Gasteiger partial charge in [0.2, 0.25) is 0 Å². The third kappa shape index (κ3) is 2.66. The molecule has 0 radical (unpaired) electrons. The lowest BCUT2D eigenvalue weighted by molar-refractivity contribution is 0.100. The molecule has 0 saturated heterocycles. The van der Waals surface area contributed by atoms with Gasteiger partial charge in [-0.05, 0) is 30.3 Å². The van der Waals surface area contributed by atoms with Gasteiger partial charge in [0.15, 0.2) is 5.82 Å². The standard InChI is InChI=1S/C15H10N6O/c16-9-11-1-3-12(4-2-11)14-18-7-8-21(14)20-15(22)13-5-6-17-10-19-13/h1-8,10H,(H,20,22). The molecule has 106 valence electrons. The van der Waals surface area contributed by atoms with E-state index in [1.165, 1.54) is 23.3 Å². The van der Waals surface area contributed by atoms with Crippen LogP contribution in [0.25, 0.3) is 11.4 Å². The number of nitrogens with zero attached hydrogens (tertiary/aromatic N) is 5. The molecule has 2 heterocycles. The Morgan fingerprint density at radius 3 is 2.64 bits per heavy atom. The molecule has 2 aromatic heterocycles. The lowest BCUT2D eigenvalue weighted by Crippen LogP contribution is -2.23. The summed E-state index contributed by atoms with van der Waals surface area (Å²) in [6.07, 6.45) is 6.02. The summed E-state index contributed by atoms with van der Waals surface area (Å²) in [5.41, 5.74) is 4.30. The molecule has 0 atom stereocenters. The molecule has 0 spiro atoms. The van der Waals surface area contributed by atoms with Crippen LogP contribution >= 0.6 is 0 Å². The smallest absolute Gasteiger partial charge is 0.266 e. The molecule has 0 unspecified atom stereocenters. The molecule has 1 N–H and O–H groups in total. The zero-order chi connectivity index (χ0) is 15.4. The van der Waals surface area contributed by atoms with Crippen LogP contribution < -0.4 is 5.43 Å². The van der Waals surface area contributed by atoms with E-state index in [0.29, 0.717) is 11.4 Å². The molecule has 0 bridgehead atoms. The summed E-state index contributed by atoms with van der Waals surface area (Å²) in [5.74, 6) is 0.196. The van der Waals surface area contributed by atoms with Crippen molar-refractivity contribution in [2.75, 3.05) is 5.43 Å². The number of aromatic nitrogens is 4. The van der Waals surface area contributed by atoms with Gasteiger partial charge in [-0.15, -0.1) is 0 Å². The minimum Gasteiger partial charge on any atom is -0.266 e. The van der Waals surface area contributed by atoms with Crippen molar-refractivity contribution < 1.29 is 4.79 Å². The van der Waals surface area contributed by atoms with Crippen molar-refractivity contribution in [2.45, 2.75) is 0 Å². The summed E-state index contributed by atoms with van der Waals surface area (Å²) < 4.78 is 1.51. The largest absolute Gasteiger partial charge is 0.288 e. The zero-order valence-corrected chi connectivity index (χ0v) is 11.3. The van der Waals surface area contributed by atoms with Crippen LogP contribution in [0.5, 0.6) is 0 Å². The Morgan fingerprint density at radius 2 is 1.95 bits per heavy atom. The van der Waals surface area contributed by atoms with E-state index in [9.17, 15) is 4.79 Å². The summed E-state index contributed by atoms with van der Waals surface area (Å²) in [4.78, 5) is 24.0. The first-order chi connectivity index (χ1) is 10.8. The number of rotatable bonds is 3. The number of amides is 1. The minimum absolute atomic E-state index is 0.259. The Balaban J connectivity index is 1.86. The molecule has 0 saturated carbocycles. The molecule has 7 nitrogen and oxygen atoms in total. The van der Waals surface area contributed by atoms with E-state index in [0.717, 1.165) is 5.56 Å². The molecule has 1 amide bonds.